The summed E-state index contributed by atoms with van der Waals surface area (Å²) in [6.45, 7) is 2.03. The molecule has 0 spiro atoms. The molecule has 0 amide bonds. The largest absolute Gasteiger partial charge is 0.488 e. The van der Waals surface area contributed by atoms with Crippen LogP contribution in [0, 0.1) is 0 Å². The van der Waals surface area contributed by atoms with Crippen molar-refractivity contribution in [1.29, 1.82) is 0 Å². The van der Waals surface area contributed by atoms with E-state index < -0.39 is 12.0 Å². The number of nitrogens with zero attached hydrogens (tertiary/aromatic N) is 2. The molecule has 0 saturated carbocycles. The third-order valence-electron chi connectivity index (χ3n) is 6.19. The Morgan fingerprint density at radius 3 is 2.59 bits per heavy atom. The van der Waals surface area contributed by atoms with Crippen LogP contribution in [-0.4, -0.2) is 17.6 Å². The monoisotopic (exact) mass is 642 g/mol. The number of hydrogen-bond acceptors (Lipinski definition) is 6. The number of methoxy groups -OCH3 is 1. The summed E-state index contributed by atoms with van der Waals surface area (Å²) in [6.07, 6.45) is 1.80. The molecule has 0 N–H and O–H groups in total. The first kappa shape index (κ1) is 27.4. The van der Waals surface area contributed by atoms with Crippen molar-refractivity contribution in [3.8, 4) is 5.75 Å². The molecule has 0 radical (unpaired) electrons. The van der Waals surface area contributed by atoms with Crippen molar-refractivity contribution >= 4 is 62.5 Å². The van der Waals surface area contributed by atoms with Crippen LogP contribution in [0.3, 0.4) is 0 Å². The van der Waals surface area contributed by atoms with Gasteiger partial charge in [-0.2, -0.15) is 0 Å². The topological polar surface area (TPSA) is 69.9 Å². The smallest absolute Gasteiger partial charge is 0.338 e. The fourth-order valence-electron chi connectivity index (χ4n) is 4.31. The second-order valence-electron chi connectivity index (χ2n) is 8.70. The molecule has 1 unspecified atom stereocenters. The third-order valence-corrected chi connectivity index (χ3v) is 8.38. The molecule has 0 fully saturated rings. The second-order valence-corrected chi connectivity index (χ2v) is 11.4. The first-order valence-corrected chi connectivity index (χ1v) is 14.2. The number of aromatic nitrogens is 1. The molecule has 1 aliphatic heterocycles. The highest BCUT2D eigenvalue weighted by molar-refractivity contribution is 9.10. The summed E-state index contributed by atoms with van der Waals surface area (Å²) in [5.74, 6) is 0.112. The number of halogens is 3. The van der Waals surface area contributed by atoms with Gasteiger partial charge in [-0.15, -0.1) is 0 Å². The maximum atomic E-state index is 13.7. The molecule has 4 aromatic rings. The zero-order chi connectivity index (χ0) is 27.7. The summed E-state index contributed by atoms with van der Waals surface area (Å²) in [5.41, 5.74) is 3.03. The lowest BCUT2D eigenvalue weighted by Crippen LogP contribution is -2.39. The maximum Gasteiger partial charge on any atom is 0.338 e. The van der Waals surface area contributed by atoms with Crippen LogP contribution in [0.1, 0.15) is 29.7 Å². The molecule has 0 saturated heterocycles. The third kappa shape index (κ3) is 5.61. The molecule has 6 nitrogen and oxygen atoms in total. The summed E-state index contributed by atoms with van der Waals surface area (Å²) in [7, 11) is 1.32. The Morgan fingerprint density at radius 1 is 1.13 bits per heavy atom. The normalized spacial score (nSPS) is 15.1. The molecule has 10 heteroatoms. The fourth-order valence-corrected chi connectivity index (χ4v) is 6.33. The average Bonchev–Trinajstić information content (AvgIpc) is 3.22. The highest BCUT2D eigenvalue weighted by Crippen LogP contribution is 2.31. The Balaban J connectivity index is 1.50. The van der Waals surface area contributed by atoms with E-state index in [1.165, 1.54) is 18.4 Å². The molecule has 1 atom stereocenters. The van der Waals surface area contributed by atoms with Crippen molar-refractivity contribution in [2.24, 2.45) is 4.99 Å². The number of ether oxygens (including phenoxy) is 2. The van der Waals surface area contributed by atoms with Crippen molar-refractivity contribution in [3.63, 3.8) is 0 Å². The molecular formula is C29H21BrCl2N2O4S. The molecule has 0 bridgehead atoms. The van der Waals surface area contributed by atoms with E-state index in [9.17, 15) is 9.59 Å². The van der Waals surface area contributed by atoms with E-state index in [2.05, 4.69) is 20.9 Å². The van der Waals surface area contributed by atoms with Gasteiger partial charge < -0.3 is 9.47 Å². The standard InChI is InChI=1S/C29H21BrCl2N2O4S/c1-16-25(28(36)37-2)26(18-6-4-3-5-7-18)34-27(35)24(39-29(34)33-16)13-17-8-11-23(21(30)12-17)38-15-19-9-10-20(31)14-22(19)32/h3-14,26H,15H2,1-2H3. The first-order chi connectivity index (χ1) is 18.8. The summed E-state index contributed by atoms with van der Waals surface area (Å²) in [4.78, 5) is 31.5. The van der Waals surface area contributed by atoms with E-state index in [4.69, 9.17) is 32.7 Å². The summed E-state index contributed by atoms with van der Waals surface area (Å²) in [6, 6.07) is 19.6. The highest BCUT2D eigenvalue weighted by atomic mass is 79.9. The van der Waals surface area contributed by atoms with Gasteiger partial charge >= 0.3 is 5.97 Å². The van der Waals surface area contributed by atoms with Crippen molar-refractivity contribution < 1.29 is 14.3 Å². The van der Waals surface area contributed by atoms with E-state index in [1.807, 2.05) is 54.6 Å². The van der Waals surface area contributed by atoms with Gasteiger partial charge in [0.1, 0.15) is 12.4 Å². The van der Waals surface area contributed by atoms with E-state index >= 15 is 0 Å². The maximum absolute atomic E-state index is 13.7. The van der Waals surface area contributed by atoms with Crippen LogP contribution < -0.4 is 19.6 Å². The van der Waals surface area contributed by atoms with E-state index in [1.54, 1.807) is 29.7 Å². The highest BCUT2D eigenvalue weighted by Gasteiger charge is 2.32. The van der Waals surface area contributed by atoms with Crippen LogP contribution in [0.4, 0.5) is 0 Å². The predicted octanol–water partition coefficient (Wildman–Crippen LogP) is 6.06. The fraction of sp³-hybridized carbons (Fsp3) is 0.138. The Labute approximate surface area is 246 Å². The number of esters is 1. The van der Waals surface area contributed by atoms with Crippen molar-refractivity contribution in [3.05, 3.63) is 129 Å². The quantitative estimate of drug-likeness (QED) is 0.240. The van der Waals surface area contributed by atoms with Crippen LogP contribution in [0.25, 0.3) is 6.08 Å². The second kappa shape index (κ2) is 11.5. The van der Waals surface area contributed by atoms with Gasteiger partial charge in [-0.05, 0) is 64.3 Å². The molecule has 1 aromatic heterocycles. The Bertz CT molecular complexity index is 1800. The van der Waals surface area contributed by atoms with Crippen LogP contribution >= 0.6 is 50.5 Å². The average molecular weight is 644 g/mol. The number of carbonyl (C=O) groups is 1. The Morgan fingerprint density at radius 2 is 1.90 bits per heavy atom. The van der Waals surface area contributed by atoms with Crippen LogP contribution in [0.15, 0.2) is 92.3 Å². The lowest BCUT2D eigenvalue weighted by atomic mass is 9.96. The summed E-state index contributed by atoms with van der Waals surface area (Å²) >= 11 is 17.1. The van der Waals surface area contributed by atoms with Crippen LogP contribution in [-0.2, 0) is 16.1 Å². The molecule has 1 aliphatic rings. The minimum Gasteiger partial charge on any atom is -0.488 e. The van der Waals surface area contributed by atoms with Crippen molar-refractivity contribution in [2.75, 3.05) is 7.11 Å². The number of carbonyl (C=O) groups excluding carboxylic acids is 1. The minimum atomic E-state index is -0.640. The predicted molar refractivity (Wildman–Crippen MR) is 157 cm³/mol. The minimum absolute atomic E-state index is 0.240. The van der Waals surface area contributed by atoms with Gasteiger partial charge in [0.25, 0.3) is 5.56 Å². The van der Waals surface area contributed by atoms with Gasteiger partial charge in [0.05, 0.1) is 33.4 Å². The first-order valence-electron chi connectivity index (χ1n) is 11.8. The number of fused-ring (bicyclic) bond motifs is 1. The Hall–Kier alpha value is -3.17. The van der Waals surface area contributed by atoms with Gasteiger partial charge in [-0.25, -0.2) is 9.79 Å². The summed E-state index contributed by atoms with van der Waals surface area (Å²) < 4.78 is 13.8. The number of benzene rings is 3. The zero-order valence-electron chi connectivity index (χ0n) is 20.8. The Kier molecular flexibility index (Phi) is 8.09. The van der Waals surface area contributed by atoms with Crippen molar-refractivity contribution in [1.82, 2.24) is 4.57 Å². The lowest BCUT2D eigenvalue weighted by molar-refractivity contribution is -0.136. The van der Waals surface area contributed by atoms with Gasteiger partial charge in [0.15, 0.2) is 4.80 Å². The molecule has 39 heavy (non-hydrogen) atoms. The molecule has 0 aliphatic carbocycles. The number of allylic oxidation sites excluding steroid dienone is 1. The van der Waals surface area contributed by atoms with E-state index in [-0.39, 0.29) is 12.2 Å². The molecule has 3 aromatic carbocycles. The zero-order valence-corrected chi connectivity index (χ0v) is 24.7. The van der Waals surface area contributed by atoms with Crippen molar-refractivity contribution in [2.45, 2.75) is 19.6 Å². The number of rotatable bonds is 6. The lowest BCUT2D eigenvalue weighted by Gasteiger charge is -2.24. The molecule has 2 heterocycles. The van der Waals surface area contributed by atoms with Crippen LogP contribution in [0.5, 0.6) is 5.75 Å². The summed E-state index contributed by atoms with van der Waals surface area (Å²) in [5, 5.41) is 1.09. The molecule has 198 valence electrons. The number of hydrogen-bond donors (Lipinski definition) is 0. The van der Waals surface area contributed by atoms with Gasteiger partial charge in [-0.1, -0.05) is 77.0 Å². The van der Waals surface area contributed by atoms with Crippen LogP contribution in [0.2, 0.25) is 10.0 Å². The number of thiazole rings is 1. The van der Waals surface area contributed by atoms with E-state index in [0.717, 1.165) is 21.2 Å². The SMILES string of the molecule is COC(=O)C1=C(C)N=c2sc(=Cc3ccc(OCc4ccc(Cl)cc4Cl)c(Br)c3)c(=O)n2C1c1ccccc1. The van der Waals surface area contributed by atoms with Gasteiger partial charge in [0.2, 0.25) is 0 Å². The van der Waals surface area contributed by atoms with Gasteiger partial charge in [0, 0.05) is 15.6 Å². The molecular weight excluding hydrogens is 623 g/mol. The van der Waals surface area contributed by atoms with E-state index in [0.29, 0.717) is 36.4 Å². The molecule has 5 rings (SSSR count). The van der Waals surface area contributed by atoms with Gasteiger partial charge in [-0.3, -0.25) is 9.36 Å².